The summed E-state index contributed by atoms with van der Waals surface area (Å²) in [5, 5.41) is 0.363. The van der Waals surface area contributed by atoms with Crippen molar-refractivity contribution in [3.63, 3.8) is 0 Å². The smallest absolute Gasteiger partial charge is 0.234 e. The van der Waals surface area contributed by atoms with Gasteiger partial charge in [0.2, 0.25) is 5.91 Å². The number of nitrogens with two attached hydrogens (primary N) is 1. The number of rotatable bonds is 3. The van der Waals surface area contributed by atoms with Gasteiger partial charge < -0.3 is 10.1 Å². The number of fused-ring (bicyclic) bond motifs is 1. The second kappa shape index (κ2) is 5.03. The van der Waals surface area contributed by atoms with Crippen LogP contribution in [0.15, 0.2) is 24.4 Å². The van der Waals surface area contributed by atoms with Crippen LogP contribution in [-0.4, -0.2) is 39.0 Å². The highest BCUT2D eigenvalue weighted by molar-refractivity contribution is 6.30. The quantitative estimate of drug-likeness (QED) is 0.931. The van der Waals surface area contributed by atoms with Crippen LogP contribution in [0.1, 0.15) is 12.1 Å². The number of hydrogen-bond donors (Lipinski definition) is 1. The van der Waals surface area contributed by atoms with E-state index in [9.17, 15) is 9.18 Å². The summed E-state index contributed by atoms with van der Waals surface area (Å²) in [7, 11) is 0. The average molecular weight is 297 g/mol. The van der Waals surface area contributed by atoms with Crippen LogP contribution in [0.25, 0.3) is 5.65 Å². The van der Waals surface area contributed by atoms with Crippen LogP contribution in [0.3, 0.4) is 0 Å². The number of carbonyl (C=O) groups excluding carboxylic acids is 1. The van der Waals surface area contributed by atoms with Gasteiger partial charge in [-0.25, -0.2) is 9.37 Å². The van der Waals surface area contributed by atoms with Crippen molar-refractivity contribution in [2.75, 3.05) is 6.54 Å². The minimum Gasteiger partial charge on any atom is -0.368 e. The number of hydrogen-bond acceptors (Lipinski definition) is 3. The summed E-state index contributed by atoms with van der Waals surface area (Å²) in [5.74, 6) is -0.505. The molecule has 0 aromatic carbocycles. The zero-order chi connectivity index (χ0) is 14.3. The van der Waals surface area contributed by atoms with E-state index in [1.807, 2.05) is 28.8 Å². The van der Waals surface area contributed by atoms with Gasteiger partial charge >= 0.3 is 0 Å². The second-order valence-electron chi connectivity index (χ2n) is 4.96. The molecular formula is C13H14ClFN4O. The first-order chi connectivity index (χ1) is 9.56. The molecule has 0 spiro atoms. The monoisotopic (exact) mass is 296 g/mol. The summed E-state index contributed by atoms with van der Waals surface area (Å²) in [4.78, 5) is 17.3. The summed E-state index contributed by atoms with van der Waals surface area (Å²) < 4.78 is 15.4. The van der Waals surface area contributed by atoms with E-state index in [1.165, 1.54) is 0 Å². The van der Waals surface area contributed by atoms with Crippen LogP contribution in [0.5, 0.6) is 0 Å². The fraction of sp³-hybridized carbons (Fsp3) is 0.385. The molecule has 2 N–H and O–H groups in total. The number of imidazole rings is 1. The number of amides is 1. The fourth-order valence-corrected chi connectivity index (χ4v) is 2.91. The Kier molecular flexibility index (Phi) is 3.35. The highest BCUT2D eigenvalue weighted by atomic mass is 35.5. The van der Waals surface area contributed by atoms with Crippen molar-refractivity contribution >= 4 is 23.2 Å². The Morgan fingerprint density at radius 1 is 1.55 bits per heavy atom. The predicted molar refractivity (Wildman–Crippen MR) is 73.1 cm³/mol. The zero-order valence-corrected chi connectivity index (χ0v) is 11.4. The molecule has 2 atom stereocenters. The van der Waals surface area contributed by atoms with Crippen molar-refractivity contribution in [3.05, 3.63) is 35.2 Å². The summed E-state index contributed by atoms with van der Waals surface area (Å²) >= 11 is 6.14. The molecule has 1 aliphatic heterocycles. The first kappa shape index (κ1) is 13.3. The molecule has 1 aliphatic rings. The van der Waals surface area contributed by atoms with E-state index in [-0.39, 0.29) is 13.0 Å². The first-order valence-electron chi connectivity index (χ1n) is 6.35. The largest absolute Gasteiger partial charge is 0.368 e. The van der Waals surface area contributed by atoms with Crippen molar-refractivity contribution in [2.45, 2.75) is 25.2 Å². The van der Waals surface area contributed by atoms with Gasteiger partial charge in [-0.05, 0) is 12.1 Å². The number of halogens is 2. The van der Waals surface area contributed by atoms with Gasteiger partial charge in [0.05, 0.1) is 11.7 Å². The molecule has 5 nitrogen and oxygen atoms in total. The highest BCUT2D eigenvalue weighted by Gasteiger charge is 2.36. The maximum absolute atomic E-state index is 13.5. The minimum atomic E-state index is -1.04. The lowest BCUT2D eigenvalue weighted by Gasteiger charge is -2.21. The minimum absolute atomic E-state index is 0.143. The van der Waals surface area contributed by atoms with E-state index in [2.05, 4.69) is 4.98 Å². The van der Waals surface area contributed by atoms with Gasteiger partial charge in [-0.3, -0.25) is 9.69 Å². The molecule has 1 amide bonds. The summed E-state index contributed by atoms with van der Waals surface area (Å²) in [6.07, 6.45) is 0.945. The van der Waals surface area contributed by atoms with Gasteiger partial charge in [-0.1, -0.05) is 17.7 Å². The Balaban J connectivity index is 1.93. The molecule has 106 valence electrons. The Labute approximate surface area is 120 Å². The topological polar surface area (TPSA) is 63.6 Å². The summed E-state index contributed by atoms with van der Waals surface area (Å²) in [6, 6.07) is 4.97. The van der Waals surface area contributed by atoms with Crippen LogP contribution in [0, 0.1) is 0 Å². The van der Waals surface area contributed by atoms with Crippen molar-refractivity contribution < 1.29 is 9.18 Å². The molecule has 0 aliphatic carbocycles. The Bertz CT molecular complexity index is 659. The van der Waals surface area contributed by atoms with E-state index in [4.69, 9.17) is 17.3 Å². The molecular weight excluding hydrogens is 283 g/mol. The normalized spacial score (nSPS) is 23.5. The number of alkyl halides is 1. The summed E-state index contributed by atoms with van der Waals surface area (Å²) in [6.45, 7) is 0.530. The molecule has 0 radical (unpaired) electrons. The van der Waals surface area contributed by atoms with Crippen molar-refractivity contribution in [1.29, 1.82) is 0 Å². The van der Waals surface area contributed by atoms with E-state index >= 15 is 0 Å². The Morgan fingerprint density at radius 2 is 2.35 bits per heavy atom. The number of aromatic nitrogens is 2. The Hall–Kier alpha value is -1.66. The highest BCUT2D eigenvalue weighted by Crippen LogP contribution is 2.25. The van der Waals surface area contributed by atoms with E-state index < -0.39 is 18.1 Å². The lowest BCUT2D eigenvalue weighted by Crippen LogP contribution is -2.40. The van der Waals surface area contributed by atoms with Gasteiger partial charge in [-0.15, -0.1) is 0 Å². The maximum atomic E-state index is 13.5. The van der Waals surface area contributed by atoms with Crippen LogP contribution in [0.4, 0.5) is 4.39 Å². The molecule has 20 heavy (non-hydrogen) atoms. The molecule has 7 heteroatoms. The maximum Gasteiger partial charge on any atom is 0.234 e. The number of primary amides is 1. The molecule has 1 fully saturated rings. The Morgan fingerprint density at radius 3 is 3.10 bits per heavy atom. The number of carbonyl (C=O) groups is 1. The average Bonchev–Trinajstić information content (AvgIpc) is 2.92. The van der Waals surface area contributed by atoms with E-state index in [0.717, 1.165) is 11.3 Å². The van der Waals surface area contributed by atoms with Crippen molar-refractivity contribution in [2.24, 2.45) is 5.73 Å². The van der Waals surface area contributed by atoms with Gasteiger partial charge in [-0.2, -0.15) is 0 Å². The van der Waals surface area contributed by atoms with Crippen molar-refractivity contribution in [1.82, 2.24) is 14.3 Å². The molecule has 2 aromatic heterocycles. The number of nitrogens with zero attached hydrogens (tertiary/aromatic N) is 3. The third-order valence-electron chi connectivity index (χ3n) is 3.61. The lowest BCUT2D eigenvalue weighted by molar-refractivity contribution is -0.122. The summed E-state index contributed by atoms with van der Waals surface area (Å²) in [5.41, 5.74) is 6.79. The van der Waals surface area contributed by atoms with Crippen LogP contribution in [0.2, 0.25) is 5.15 Å². The van der Waals surface area contributed by atoms with Gasteiger partial charge in [0.1, 0.15) is 11.8 Å². The van der Waals surface area contributed by atoms with Crippen LogP contribution < -0.4 is 5.73 Å². The van der Waals surface area contributed by atoms with Crippen molar-refractivity contribution in [3.8, 4) is 0 Å². The van der Waals surface area contributed by atoms with Gasteiger partial charge in [0, 0.05) is 25.7 Å². The fourth-order valence-electron chi connectivity index (χ4n) is 2.67. The first-order valence-corrected chi connectivity index (χ1v) is 6.73. The number of pyridine rings is 1. The van der Waals surface area contributed by atoms with Gasteiger partial charge in [0.15, 0.2) is 5.15 Å². The third-order valence-corrected chi connectivity index (χ3v) is 3.92. The molecule has 0 bridgehead atoms. The predicted octanol–water partition coefficient (Wildman–Crippen LogP) is 1.39. The zero-order valence-electron chi connectivity index (χ0n) is 10.7. The van der Waals surface area contributed by atoms with Crippen LogP contribution in [-0.2, 0) is 11.3 Å². The molecule has 3 heterocycles. The molecule has 0 unspecified atom stereocenters. The molecule has 0 saturated carbocycles. The lowest BCUT2D eigenvalue weighted by atomic mass is 10.2. The molecule has 1 saturated heterocycles. The molecule has 3 rings (SSSR count). The van der Waals surface area contributed by atoms with E-state index in [1.54, 1.807) is 4.90 Å². The SMILES string of the molecule is NC(=O)[C@@H]1C[C@@H](F)CN1Cc1c(Cl)nc2ccccn12. The van der Waals surface area contributed by atoms with E-state index in [0.29, 0.717) is 11.7 Å². The van der Waals surface area contributed by atoms with Crippen LogP contribution >= 0.6 is 11.6 Å². The number of likely N-dealkylation sites (tertiary alicyclic amines) is 1. The third kappa shape index (κ3) is 2.25. The second-order valence-corrected chi connectivity index (χ2v) is 5.32. The van der Waals surface area contributed by atoms with Gasteiger partial charge in [0.25, 0.3) is 0 Å². The molecule has 2 aromatic rings. The standard InChI is InChI=1S/C13H14ClFN4O/c14-12-10(19-4-2-1-3-11(19)17-12)7-18-6-8(15)5-9(18)13(16)20/h1-4,8-9H,5-7H2,(H2,16,20)/t8-,9+/m1/s1.